The zero-order valence-electron chi connectivity index (χ0n) is 12.3. The van der Waals surface area contributed by atoms with Gasteiger partial charge < -0.3 is 10.1 Å². The van der Waals surface area contributed by atoms with Gasteiger partial charge in [0.05, 0.1) is 5.69 Å². The lowest BCUT2D eigenvalue weighted by molar-refractivity contribution is 0.102. The smallest absolute Gasteiger partial charge is 0.276 e. The molecule has 1 N–H and O–H groups in total. The molecule has 122 valence electrons. The maximum absolute atomic E-state index is 12.2. The average Bonchev–Trinajstić information content (AvgIpc) is 3.06. The van der Waals surface area contributed by atoms with E-state index in [-0.39, 0.29) is 23.5 Å². The molecule has 0 aliphatic heterocycles. The van der Waals surface area contributed by atoms with Gasteiger partial charge in [0.2, 0.25) is 0 Å². The molecule has 0 saturated carbocycles. The lowest BCUT2D eigenvalue weighted by Crippen LogP contribution is -2.14. The first-order valence-corrected chi connectivity index (χ1v) is 7.71. The maximum atomic E-state index is 12.2. The van der Waals surface area contributed by atoms with Crippen LogP contribution < -0.4 is 10.1 Å². The van der Waals surface area contributed by atoms with Gasteiger partial charge in [-0.3, -0.25) is 4.79 Å². The first-order chi connectivity index (χ1) is 11.6. The molecule has 2 heterocycles. The molecule has 0 fully saturated rings. The van der Waals surface area contributed by atoms with Gasteiger partial charge in [-0.05, 0) is 42.5 Å². The zero-order valence-corrected chi connectivity index (χ0v) is 13.8. The first kappa shape index (κ1) is 16.3. The van der Waals surface area contributed by atoms with Gasteiger partial charge in [-0.15, -0.1) is 0 Å². The van der Waals surface area contributed by atoms with E-state index in [0.29, 0.717) is 16.5 Å². The van der Waals surface area contributed by atoms with Crippen LogP contribution in [-0.4, -0.2) is 20.7 Å². The second kappa shape index (κ2) is 7.33. The largest absolute Gasteiger partial charge is 0.471 e. The summed E-state index contributed by atoms with van der Waals surface area (Å²) in [4.78, 5) is 16.1. The number of hydrogen-bond acceptors (Lipinski definition) is 4. The third-order valence-electron chi connectivity index (χ3n) is 3.06. The molecule has 1 aromatic carbocycles. The van der Waals surface area contributed by atoms with Crippen molar-refractivity contribution in [1.29, 1.82) is 0 Å². The maximum Gasteiger partial charge on any atom is 0.276 e. The van der Waals surface area contributed by atoms with Crippen LogP contribution in [0.3, 0.4) is 0 Å². The molecular weight excluding hydrogens is 351 g/mol. The Morgan fingerprint density at radius 1 is 1.17 bits per heavy atom. The van der Waals surface area contributed by atoms with Gasteiger partial charge in [0.25, 0.3) is 5.91 Å². The highest BCUT2D eigenvalue weighted by atomic mass is 35.5. The highest BCUT2D eigenvalue weighted by molar-refractivity contribution is 6.32. The Morgan fingerprint density at radius 2 is 1.96 bits per heavy atom. The van der Waals surface area contributed by atoms with E-state index in [1.54, 1.807) is 54.9 Å². The van der Waals surface area contributed by atoms with Crippen molar-refractivity contribution in [2.24, 2.45) is 0 Å². The number of rotatable bonds is 5. The van der Waals surface area contributed by atoms with E-state index in [4.69, 9.17) is 27.9 Å². The molecule has 6 nitrogen and oxygen atoms in total. The summed E-state index contributed by atoms with van der Waals surface area (Å²) >= 11 is 11.7. The van der Waals surface area contributed by atoms with Crippen LogP contribution in [0.5, 0.6) is 5.75 Å². The standard InChI is InChI=1S/C16H12Cl2N4O2/c17-11-3-5-12(6-4-11)24-10-22-9-7-14(21-22)16(23)20-13-2-1-8-19-15(13)18/h1-9H,10H2,(H,20,23). The number of nitrogens with one attached hydrogen (secondary N) is 1. The van der Waals surface area contributed by atoms with Crippen LogP contribution in [0.15, 0.2) is 54.9 Å². The van der Waals surface area contributed by atoms with E-state index in [1.807, 2.05) is 0 Å². The number of carbonyl (C=O) groups is 1. The van der Waals surface area contributed by atoms with Crippen LogP contribution in [0.25, 0.3) is 0 Å². The number of aromatic nitrogens is 3. The second-order valence-electron chi connectivity index (χ2n) is 4.76. The molecule has 0 atom stereocenters. The Hall–Kier alpha value is -2.57. The van der Waals surface area contributed by atoms with Crippen LogP contribution >= 0.6 is 23.2 Å². The van der Waals surface area contributed by atoms with E-state index < -0.39 is 0 Å². The van der Waals surface area contributed by atoms with Gasteiger partial charge in [-0.2, -0.15) is 5.10 Å². The fourth-order valence-corrected chi connectivity index (χ4v) is 2.18. The summed E-state index contributed by atoms with van der Waals surface area (Å²) < 4.78 is 7.06. The lowest BCUT2D eigenvalue weighted by Gasteiger charge is -2.06. The fourth-order valence-electron chi connectivity index (χ4n) is 1.89. The van der Waals surface area contributed by atoms with Crippen molar-refractivity contribution in [3.8, 4) is 5.75 Å². The van der Waals surface area contributed by atoms with Crippen molar-refractivity contribution in [3.63, 3.8) is 0 Å². The third kappa shape index (κ3) is 4.04. The normalized spacial score (nSPS) is 10.4. The SMILES string of the molecule is O=C(Nc1cccnc1Cl)c1ccn(COc2ccc(Cl)cc2)n1. The topological polar surface area (TPSA) is 69.0 Å². The highest BCUT2D eigenvalue weighted by Crippen LogP contribution is 2.18. The summed E-state index contributed by atoms with van der Waals surface area (Å²) in [6.45, 7) is 0.169. The molecule has 0 saturated heterocycles. The van der Waals surface area contributed by atoms with Crippen molar-refractivity contribution in [3.05, 3.63) is 70.7 Å². The van der Waals surface area contributed by atoms with Crippen molar-refractivity contribution in [2.45, 2.75) is 6.73 Å². The highest BCUT2D eigenvalue weighted by Gasteiger charge is 2.12. The molecule has 0 unspecified atom stereocenters. The summed E-state index contributed by atoms with van der Waals surface area (Å²) in [6.07, 6.45) is 3.19. The number of benzene rings is 1. The summed E-state index contributed by atoms with van der Waals surface area (Å²) in [5, 5.41) is 7.67. The Balaban J connectivity index is 1.61. The Morgan fingerprint density at radius 3 is 2.71 bits per heavy atom. The average molecular weight is 363 g/mol. The predicted molar refractivity (Wildman–Crippen MR) is 91.5 cm³/mol. The van der Waals surface area contributed by atoms with E-state index in [9.17, 15) is 4.79 Å². The number of amides is 1. The first-order valence-electron chi connectivity index (χ1n) is 6.95. The summed E-state index contributed by atoms with van der Waals surface area (Å²) in [5.74, 6) is 0.276. The van der Waals surface area contributed by atoms with Crippen LogP contribution in [0.4, 0.5) is 5.69 Å². The van der Waals surface area contributed by atoms with E-state index in [2.05, 4.69) is 15.4 Å². The number of halogens is 2. The van der Waals surface area contributed by atoms with E-state index in [0.717, 1.165) is 0 Å². The molecule has 0 aliphatic rings. The number of carbonyl (C=O) groups excluding carboxylic acids is 1. The Bertz CT molecular complexity index is 849. The second-order valence-corrected chi connectivity index (χ2v) is 5.56. The van der Waals surface area contributed by atoms with Crippen molar-refractivity contribution >= 4 is 34.8 Å². The molecule has 8 heteroatoms. The Kier molecular flexibility index (Phi) is 4.98. The van der Waals surface area contributed by atoms with Crippen LogP contribution in [0, 0.1) is 0 Å². The van der Waals surface area contributed by atoms with Gasteiger partial charge in [-0.1, -0.05) is 23.2 Å². The van der Waals surface area contributed by atoms with Gasteiger partial charge in [-0.25, -0.2) is 9.67 Å². The van der Waals surface area contributed by atoms with E-state index in [1.165, 1.54) is 4.68 Å². The van der Waals surface area contributed by atoms with Crippen molar-refractivity contribution < 1.29 is 9.53 Å². The minimum atomic E-state index is -0.379. The van der Waals surface area contributed by atoms with Crippen LogP contribution in [0.2, 0.25) is 10.2 Å². The monoisotopic (exact) mass is 362 g/mol. The summed E-state index contributed by atoms with van der Waals surface area (Å²) in [5.41, 5.74) is 0.672. The number of anilines is 1. The van der Waals surface area contributed by atoms with Gasteiger partial charge >= 0.3 is 0 Å². The summed E-state index contributed by atoms with van der Waals surface area (Å²) in [7, 11) is 0. The number of ether oxygens (including phenoxy) is 1. The fraction of sp³-hybridized carbons (Fsp3) is 0.0625. The van der Waals surface area contributed by atoms with Gasteiger partial charge in [0.15, 0.2) is 17.6 Å². The zero-order chi connectivity index (χ0) is 16.9. The van der Waals surface area contributed by atoms with Crippen molar-refractivity contribution in [2.75, 3.05) is 5.32 Å². The molecule has 3 aromatic rings. The number of pyridine rings is 1. The number of hydrogen-bond donors (Lipinski definition) is 1. The Labute approximate surface area is 148 Å². The third-order valence-corrected chi connectivity index (χ3v) is 3.61. The van der Waals surface area contributed by atoms with Gasteiger partial charge in [0, 0.05) is 17.4 Å². The minimum absolute atomic E-state index is 0.169. The van der Waals surface area contributed by atoms with Crippen LogP contribution in [0.1, 0.15) is 10.5 Å². The lowest BCUT2D eigenvalue weighted by atomic mass is 10.3. The van der Waals surface area contributed by atoms with Crippen LogP contribution in [-0.2, 0) is 6.73 Å². The molecule has 0 radical (unpaired) electrons. The van der Waals surface area contributed by atoms with Gasteiger partial charge in [0.1, 0.15) is 5.75 Å². The molecule has 1 amide bonds. The molecule has 24 heavy (non-hydrogen) atoms. The number of nitrogens with zero attached hydrogens (tertiary/aromatic N) is 3. The summed E-state index contributed by atoms with van der Waals surface area (Å²) in [6, 6.07) is 11.9. The molecule has 2 aromatic heterocycles. The minimum Gasteiger partial charge on any atom is -0.471 e. The van der Waals surface area contributed by atoms with E-state index >= 15 is 0 Å². The molecule has 0 spiro atoms. The predicted octanol–water partition coefficient (Wildman–Crippen LogP) is 3.87. The van der Waals surface area contributed by atoms with Crippen molar-refractivity contribution in [1.82, 2.24) is 14.8 Å². The quantitative estimate of drug-likeness (QED) is 0.699. The molecule has 0 bridgehead atoms. The molecular formula is C16H12Cl2N4O2. The molecule has 0 aliphatic carbocycles. The molecule has 3 rings (SSSR count).